The van der Waals surface area contributed by atoms with Gasteiger partial charge in [0.25, 0.3) is 0 Å². The van der Waals surface area contributed by atoms with Crippen LogP contribution in [-0.2, 0) is 0 Å². The lowest BCUT2D eigenvalue weighted by molar-refractivity contribution is 0.0687. The van der Waals surface area contributed by atoms with Gasteiger partial charge in [0.15, 0.2) is 0 Å². The number of methoxy groups -OCH3 is 1. The lowest BCUT2D eigenvalue weighted by Crippen LogP contribution is -2.54. The topological polar surface area (TPSA) is 61.7 Å². The highest BCUT2D eigenvalue weighted by atomic mass is 16.5. The molecule has 0 amide bonds. The molecular weight excluding hydrogens is 230 g/mol. The summed E-state index contributed by atoms with van der Waals surface area (Å²) in [4.78, 5) is 0. The Balaban J connectivity index is 1.88. The smallest absolute Gasteiger partial charge is 0.118 e. The highest BCUT2D eigenvalue weighted by Crippen LogP contribution is 2.31. The molecule has 0 radical (unpaired) electrons. The van der Waals surface area contributed by atoms with E-state index < -0.39 is 6.10 Å². The first-order valence-corrected chi connectivity index (χ1v) is 6.37. The zero-order chi connectivity index (χ0) is 13.0. The number of nitrogens with one attached hydrogen (secondary N) is 1. The van der Waals surface area contributed by atoms with Crippen molar-refractivity contribution in [1.29, 1.82) is 0 Å². The average Bonchev–Trinajstić information content (AvgIpc) is 2.38. The second-order valence-corrected chi connectivity index (χ2v) is 4.96. The van der Waals surface area contributed by atoms with Crippen LogP contribution in [0, 0.1) is 0 Å². The van der Waals surface area contributed by atoms with Crippen LogP contribution in [0.3, 0.4) is 0 Å². The standard InChI is InChI=1S/C14H21NO3/c1-18-12-5-3-11(4-6-12)13(17)9-15-14(10-16)7-2-8-14/h3-6,13,15-17H,2,7-10H2,1H3. The predicted octanol–water partition coefficient (Wildman–Crippen LogP) is 1.23. The zero-order valence-electron chi connectivity index (χ0n) is 10.7. The molecule has 0 aliphatic heterocycles. The van der Waals surface area contributed by atoms with Crippen LogP contribution in [0.15, 0.2) is 24.3 Å². The van der Waals surface area contributed by atoms with Gasteiger partial charge >= 0.3 is 0 Å². The van der Waals surface area contributed by atoms with E-state index in [4.69, 9.17) is 4.74 Å². The molecule has 4 heteroatoms. The summed E-state index contributed by atoms with van der Waals surface area (Å²) in [6, 6.07) is 7.39. The summed E-state index contributed by atoms with van der Waals surface area (Å²) in [6.45, 7) is 0.606. The summed E-state index contributed by atoms with van der Waals surface area (Å²) >= 11 is 0. The molecule has 1 aliphatic rings. The maximum absolute atomic E-state index is 10.1. The third-order valence-electron chi connectivity index (χ3n) is 3.78. The lowest BCUT2D eigenvalue weighted by atomic mass is 9.77. The molecule has 100 valence electrons. The van der Waals surface area contributed by atoms with Crippen LogP contribution in [0.4, 0.5) is 0 Å². The summed E-state index contributed by atoms with van der Waals surface area (Å²) in [6.07, 6.45) is 2.56. The van der Waals surface area contributed by atoms with Crippen LogP contribution in [0.1, 0.15) is 30.9 Å². The van der Waals surface area contributed by atoms with Crippen LogP contribution in [0.5, 0.6) is 5.75 Å². The molecule has 1 saturated carbocycles. The van der Waals surface area contributed by atoms with Crippen LogP contribution in [0.25, 0.3) is 0 Å². The quantitative estimate of drug-likeness (QED) is 0.711. The molecule has 18 heavy (non-hydrogen) atoms. The summed E-state index contributed by atoms with van der Waals surface area (Å²) < 4.78 is 5.08. The van der Waals surface area contributed by atoms with Gasteiger partial charge in [-0.2, -0.15) is 0 Å². The molecular formula is C14H21NO3. The van der Waals surface area contributed by atoms with E-state index in [0.29, 0.717) is 6.54 Å². The first-order valence-electron chi connectivity index (χ1n) is 6.37. The Bertz CT molecular complexity index is 368. The molecule has 0 aromatic heterocycles. The summed E-state index contributed by atoms with van der Waals surface area (Å²) in [5.74, 6) is 0.782. The van der Waals surface area contributed by atoms with Gasteiger partial charge in [-0.3, -0.25) is 0 Å². The van der Waals surface area contributed by atoms with Gasteiger partial charge in [0.2, 0.25) is 0 Å². The summed E-state index contributed by atoms with van der Waals surface area (Å²) in [7, 11) is 1.62. The SMILES string of the molecule is COc1ccc(C(O)CNC2(CO)CCC2)cc1. The molecule has 1 unspecified atom stereocenters. The Kier molecular flexibility index (Phi) is 4.22. The maximum Gasteiger partial charge on any atom is 0.118 e. The normalized spacial score (nSPS) is 19.1. The van der Waals surface area contributed by atoms with Crippen LogP contribution >= 0.6 is 0 Å². The highest BCUT2D eigenvalue weighted by Gasteiger charge is 2.36. The Hall–Kier alpha value is -1.10. The van der Waals surface area contributed by atoms with E-state index in [-0.39, 0.29) is 12.1 Å². The maximum atomic E-state index is 10.1. The van der Waals surface area contributed by atoms with Crippen molar-refractivity contribution in [3.8, 4) is 5.75 Å². The van der Waals surface area contributed by atoms with Crippen molar-refractivity contribution in [2.75, 3.05) is 20.3 Å². The largest absolute Gasteiger partial charge is 0.497 e. The zero-order valence-corrected chi connectivity index (χ0v) is 10.7. The number of aliphatic hydroxyl groups is 2. The van der Waals surface area contributed by atoms with Crippen molar-refractivity contribution in [2.24, 2.45) is 0 Å². The lowest BCUT2D eigenvalue weighted by Gasteiger charge is -2.41. The summed E-state index contributed by atoms with van der Waals surface area (Å²) in [5.41, 5.74) is 0.698. The van der Waals surface area contributed by atoms with Gasteiger partial charge in [-0.25, -0.2) is 0 Å². The molecule has 0 bridgehead atoms. The van der Waals surface area contributed by atoms with Crippen molar-refractivity contribution in [1.82, 2.24) is 5.32 Å². The van der Waals surface area contributed by atoms with E-state index in [0.717, 1.165) is 30.6 Å². The van der Waals surface area contributed by atoms with Gasteiger partial charge in [-0.05, 0) is 37.0 Å². The third-order valence-corrected chi connectivity index (χ3v) is 3.78. The minimum Gasteiger partial charge on any atom is -0.497 e. The third kappa shape index (κ3) is 2.83. The van der Waals surface area contributed by atoms with Crippen molar-refractivity contribution in [3.05, 3.63) is 29.8 Å². The first-order chi connectivity index (χ1) is 8.69. The number of β-amino-alcohol motifs (C(OH)–C–C–N with tert-alkyl or cyclic N) is 1. The second-order valence-electron chi connectivity index (χ2n) is 4.96. The monoisotopic (exact) mass is 251 g/mol. The van der Waals surface area contributed by atoms with Crippen LogP contribution in [-0.4, -0.2) is 36.0 Å². The fraction of sp³-hybridized carbons (Fsp3) is 0.571. The molecule has 1 aliphatic carbocycles. The van der Waals surface area contributed by atoms with E-state index in [1.165, 1.54) is 0 Å². The molecule has 0 heterocycles. The van der Waals surface area contributed by atoms with Crippen molar-refractivity contribution in [2.45, 2.75) is 30.9 Å². The minimum absolute atomic E-state index is 0.141. The number of ether oxygens (including phenoxy) is 1. The molecule has 0 spiro atoms. The first kappa shape index (κ1) is 13.3. The van der Waals surface area contributed by atoms with E-state index in [1.807, 2.05) is 24.3 Å². The number of hydrogen-bond acceptors (Lipinski definition) is 4. The van der Waals surface area contributed by atoms with Gasteiger partial charge in [-0.15, -0.1) is 0 Å². The Labute approximate surface area is 108 Å². The Morgan fingerprint density at radius 2 is 2.00 bits per heavy atom. The average molecular weight is 251 g/mol. The van der Waals surface area contributed by atoms with Crippen molar-refractivity contribution >= 4 is 0 Å². The van der Waals surface area contributed by atoms with Gasteiger partial charge in [-0.1, -0.05) is 12.1 Å². The van der Waals surface area contributed by atoms with Gasteiger partial charge in [0, 0.05) is 12.1 Å². The Morgan fingerprint density at radius 1 is 1.33 bits per heavy atom. The van der Waals surface area contributed by atoms with Gasteiger partial charge in [0.1, 0.15) is 5.75 Å². The van der Waals surface area contributed by atoms with E-state index in [1.54, 1.807) is 7.11 Å². The van der Waals surface area contributed by atoms with Gasteiger partial charge in [0.05, 0.1) is 19.8 Å². The van der Waals surface area contributed by atoms with Crippen LogP contribution in [0.2, 0.25) is 0 Å². The molecule has 1 aromatic carbocycles. The molecule has 2 rings (SSSR count). The molecule has 3 N–H and O–H groups in total. The number of benzene rings is 1. The fourth-order valence-electron chi connectivity index (χ4n) is 2.25. The van der Waals surface area contributed by atoms with Crippen molar-refractivity contribution in [3.63, 3.8) is 0 Å². The van der Waals surface area contributed by atoms with Crippen LogP contribution < -0.4 is 10.1 Å². The second kappa shape index (κ2) is 5.69. The molecule has 0 saturated heterocycles. The van der Waals surface area contributed by atoms with Crippen molar-refractivity contribution < 1.29 is 14.9 Å². The number of hydrogen-bond donors (Lipinski definition) is 3. The molecule has 1 fully saturated rings. The predicted molar refractivity (Wildman–Crippen MR) is 69.6 cm³/mol. The molecule has 1 aromatic rings. The van der Waals surface area contributed by atoms with E-state index in [2.05, 4.69) is 5.32 Å². The molecule has 4 nitrogen and oxygen atoms in total. The van der Waals surface area contributed by atoms with Gasteiger partial charge < -0.3 is 20.3 Å². The van der Waals surface area contributed by atoms with E-state index in [9.17, 15) is 10.2 Å². The Morgan fingerprint density at radius 3 is 2.44 bits per heavy atom. The van der Waals surface area contributed by atoms with E-state index >= 15 is 0 Å². The highest BCUT2D eigenvalue weighted by molar-refractivity contribution is 5.28. The number of rotatable bonds is 6. The fourth-order valence-corrected chi connectivity index (χ4v) is 2.25. The molecule has 1 atom stereocenters. The minimum atomic E-state index is -0.556. The number of aliphatic hydroxyl groups excluding tert-OH is 2. The summed E-state index contributed by atoms with van der Waals surface area (Å²) in [5, 5.41) is 22.7.